The van der Waals surface area contributed by atoms with Crippen LogP contribution in [0.5, 0.6) is 5.88 Å². The van der Waals surface area contributed by atoms with Gasteiger partial charge in [0.15, 0.2) is 8.32 Å². The topological polar surface area (TPSA) is 108 Å². The van der Waals surface area contributed by atoms with E-state index in [1.165, 1.54) is 18.4 Å². The molecule has 2 aliphatic heterocycles. The Kier molecular flexibility index (Phi) is 7.71. The van der Waals surface area contributed by atoms with Crippen molar-refractivity contribution in [1.29, 1.82) is 5.26 Å². The minimum absolute atomic E-state index is 0.0211. The lowest BCUT2D eigenvalue weighted by Crippen LogP contribution is -2.48. The van der Waals surface area contributed by atoms with Crippen LogP contribution in [0.2, 0.25) is 18.1 Å². The molecule has 1 unspecified atom stereocenters. The first-order valence-corrected chi connectivity index (χ1v) is 18.7. The van der Waals surface area contributed by atoms with E-state index in [9.17, 15) is 5.26 Å². The molecule has 1 fully saturated rings. The molecule has 1 aromatic carbocycles. The van der Waals surface area contributed by atoms with Crippen LogP contribution in [0.1, 0.15) is 76.8 Å². The van der Waals surface area contributed by atoms with Gasteiger partial charge in [-0.25, -0.2) is 15.0 Å². The standard InChI is InChI=1S/C34H45N7O2Si/c1-21(2)42-31-29(17-24-19-41(25-9-10-25)14-12-28(24)38-31)40-32-36-13-11-27(39-32)22-15-23(18-35)30-26(16-22)34(6,20-37-30)43-44(7,8)33(3,4)5/h11,13,15-17,21,25,37H,9-10,12,14,19-20H2,1-8H3,(H,36,39,40). The maximum Gasteiger partial charge on any atom is 0.238 e. The minimum atomic E-state index is -2.10. The minimum Gasteiger partial charge on any atom is -0.473 e. The zero-order valence-corrected chi connectivity index (χ0v) is 28.3. The molecule has 0 radical (unpaired) electrons. The molecular weight excluding hydrogens is 567 g/mol. The number of fused-ring (bicyclic) bond motifs is 2. The van der Waals surface area contributed by atoms with Crippen molar-refractivity contribution in [3.8, 4) is 23.2 Å². The van der Waals surface area contributed by atoms with E-state index >= 15 is 0 Å². The maximum atomic E-state index is 10.1. The van der Waals surface area contributed by atoms with Crippen molar-refractivity contribution in [3.63, 3.8) is 0 Å². The van der Waals surface area contributed by atoms with Gasteiger partial charge in [0.25, 0.3) is 0 Å². The van der Waals surface area contributed by atoms with Crippen LogP contribution in [0.4, 0.5) is 17.3 Å². The molecule has 1 atom stereocenters. The highest BCUT2D eigenvalue weighted by Gasteiger charge is 2.47. The molecule has 232 valence electrons. The molecule has 2 aromatic heterocycles. The van der Waals surface area contributed by atoms with Gasteiger partial charge in [0.05, 0.1) is 34.3 Å². The molecule has 0 spiro atoms. The fourth-order valence-corrected chi connectivity index (χ4v) is 7.59. The number of nitrogens with zero attached hydrogens (tertiary/aromatic N) is 5. The summed E-state index contributed by atoms with van der Waals surface area (Å²) in [6.45, 7) is 20.0. The molecule has 1 aliphatic carbocycles. The molecule has 0 bridgehead atoms. The first kappa shape index (κ1) is 30.5. The lowest BCUT2D eigenvalue weighted by molar-refractivity contribution is 0.0910. The van der Waals surface area contributed by atoms with Gasteiger partial charge in [-0.05, 0) is 81.6 Å². The predicted octanol–water partition coefficient (Wildman–Crippen LogP) is 7.12. The molecule has 3 aromatic rings. The van der Waals surface area contributed by atoms with E-state index in [0.717, 1.165) is 53.4 Å². The van der Waals surface area contributed by atoms with Crippen LogP contribution >= 0.6 is 0 Å². The Hall–Kier alpha value is -3.52. The number of ether oxygens (including phenoxy) is 1. The third kappa shape index (κ3) is 5.93. The Balaban J connectivity index is 1.33. The van der Waals surface area contributed by atoms with Gasteiger partial charge in [-0.3, -0.25) is 4.90 Å². The van der Waals surface area contributed by atoms with E-state index in [1.807, 2.05) is 26.0 Å². The van der Waals surface area contributed by atoms with Crippen LogP contribution < -0.4 is 15.4 Å². The summed E-state index contributed by atoms with van der Waals surface area (Å²) in [6.07, 6.45) is 5.23. The molecule has 1 saturated carbocycles. The first-order chi connectivity index (χ1) is 20.8. The molecule has 4 heterocycles. The van der Waals surface area contributed by atoms with E-state index in [2.05, 4.69) is 79.5 Å². The highest BCUT2D eigenvalue weighted by molar-refractivity contribution is 6.74. The van der Waals surface area contributed by atoms with Crippen molar-refractivity contribution in [2.75, 3.05) is 23.7 Å². The van der Waals surface area contributed by atoms with Crippen LogP contribution in [0.25, 0.3) is 11.3 Å². The molecule has 3 aliphatic rings. The van der Waals surface area contributed by atoms with Gasteiger partial charge in [0, 0.05) is 49.4 Å². The number of anilines is 3. The summed E-state index contributed by atoms with van der Waals surface area (Å²) in [5.41, 5.74) is 6.54. The Morgan fingerprint density at radius 1 is 1.18 bits per heavy atom. The highest BCUT2D eigenvalue weighted by atomic mass is 28.4. The Bertz CT molecular complexity index is 1620. The molecule has 6 rings (SSSR count). The molecule has 2 N–H and O–H groups in total. The van der Waals surface area contributed by atoms with Crippen molar-refractivity contribution in [3.05, 3.63) is 52.8 Å². The smallest absolute Gasteiger partial charge is 0.238 e. The van der Waals surface area contributed by atoms with Gasteiger partial charge >= 0.3 is 0 Å². The van der Waals surface area contributed by atoms with Crippen molar-refractivity contribution >= 4 is 25.6 Å². The molecule has 10 heteroatoms. The third-order valence-electron chi connectivity index (χ3n) is 9.49. The summed E-state index contributed by atoms with van der Waals surface area (Å²) in [4.78, 5) is 17.0. The molecule has 0 amide bonds. The normalized spacial score (nSPS) is 20.1. The van der Waals surface area contributed by atoms with Gasteiger partial charge in [-0.15, -0.1) is 0 Å². The first-order valence-electron chi connectivity index (χ1n) is 15.8. The van der Waals surface area contributed by atoms with E-state index in [-0.39, 0.29) is 11.1 Å². The fraction of sp³-hybridized carbons (Fsp3) is 0.529. The Morgan fingerprint density at radius 3 is 2.64 bits per heavy atom. The summed E-state index contributed by atoms with van der Waals surface area (Å²) in [6, 6.07) is 11.2. The number of aromatic nitrogens is 3. The monoisotopic (exact) mass is 611 g/mol. The summed E-state index contributed by atoms with van der Waals surface area (Å²) < 4.78 is 13.1. The van der Waals surface area contributed by atoms with Crippen molar-refractivity contribution < 1.29 is 9.16 Å². The zero-order valence-electron chi connectivity index (χ0n) is 27.3. The average molecular weight is 612 g/mol. The van der Waals surface area contributed by atoms with E-state index in [1.54, 1.807) is 6.20 Å². The van der Waals surface area contributed by atoms with Gasteiger partial charge in [0.2, 0.25) is 11.8 Å². The van der Waals surface area contributed by atoms with Crippen LogP contribution in [0.3, 0.4) is 0 Å². The molecule has 9 nitrogen and oxygen atoms in total. The van der Waals surface area contributed by atoms with Gasteiger partial charge in [0.1, 0.15) is 11.8 Å². The van der Waals surface area contributed by atoms with E-state index in [0.29, 0.717) is 30.0 Å². The second-order valence-corrected chi connectivity index (χ2v) is 19.2. The van der Waals surface area contributed by atoms with E-state index in [4.69, 9.17) is 19.1 Å². The van der Waals surface area contributed by atoms with Gasteiger partial charge < -0.3 is 19.8 Å². The summed E-state index contributed by atoms with van der Waals surface area (Å²) in [5, 5.41) is 17.1. The highest BCUT2D eigenvalue weighted by Crippen LogP contribution is 2.47. The summed E-state index contributed by atoms with van der Waals surface area (Å²) >= 11 is 0. The quantitative estimate of drug-likeness (QED) is 0.257. The number of pyridine rings is 1. The fourth-order valence-electron chi connectivity index (χ4n) is 5.97. The Labute approximate surface area is 262 Å². The number of hydrogen-bond donors (Lipinski definition) is 2. The Morgan fingerprint density at radius 2 is 1.95 bits per heavy atom. The molecule has 44 heavy (non-hydrogen) atoms. The summed E-state index contributed by atoms with van der Waals surface area (Å²) in [7, 11) is -2.10. The lowest BCUT2D eigenvalue weighted by Gasteiger charge is -2.42. The van der Waals surface area contributed by atoms with Gasteiger partial charge in [-0.2, -0.15) is 5.26 Å². The third-order valence-corrected chi connectivity index (χ3v) is 14.1. The van der Waals surface area contributed by atoms with Crippen molar-refractivity contribution in [2.45, 2.75) is 103 Å². The van der Waals surface area contributed by atoms with Crippen molar-refractivity contribution in [2.24, 2.45) is 0 Å². The summed E-state index contributed by atoms with van der Waals surface area (Å²) in [5.74, 6) is 1.02. The van der Waals surface area contributed by atoms with E-state index < -0.39 is 13.9 Å². The SMILES string of the molecule is CC(C)Oc1nc2c(cc1Nc1nccc(-c3cc(C#N)c4c(c3)C(C)(O[Si](C)(C)C(C)(C)C)CN4)n1)CN(C1CC1)CC2. The van der Waals surface area contributed by atoms with Crippen LogP contribution in [-0.2, 0) is 23.0 Å². The number of hydrogen-bond acceptors (Lipinski definition) is 9. The maximum absolute atomic E-state index is 10.1. The second-order valence-electron chi connectivity index (χ2n) is 14.5. The predicted molar refractivity (Wildman–Crippen MR) is 177 cm³/mol. The van der Waals surface area contributed by atoms with Gasteiger partial charge in [-0.1, -0.05) is 20.8 Å². The lowest BCUT2D eigenvalue weighted by atomic mass is 9.93. The number of nitrogens with one attached hydrogen (secondary N) is 2. The van der Waals surface area contributed by atoms with Crippen LogP contribution in [-0.4, -0.2) is 53.4 Å². The number of benzene rings is 1. The van der Waals surface area contributed by atoms with Crippen LogP contribution in [0.15, 0.2) is 30.5 Å². The second kappa shape index (κ2) is 11.1. The number of nitriles is 1. The number of rotatable bonds is 8. The molecular formula is C34H45N7O2Si. The zero-order chi connectivity index (χ0) is 31.4. The molecule has 0 saturated heterocycles. The van der Waals surface area contributed by atoms with Crippen LogP contribution in [0, 0.1) is 11.3 Å². The average Bonchev–Trinajstić information content (AvgIpc) is 3.75. The largest absolute Gasteiger partial charge is 0.473 e. The van der Waals surface area contributed by atoms with Crippen molar-refractivity contribution in [1.82, 2.24) is 19.9 Å².